The maximum absolute atomic E-state index is 12.7. The van der Waals surface area contributed by atoms with Gasteiger partial charge in [0.05, 0.1) is 14.2 Å². The number of rotatable bonds is 5. The summed E-state index contributed by atoms with van der Waals surface area (Å²) >= 11 is 0. The normalized spacial score (nSPS) is 16.4. The molecule has 0 saturated carbocycles. The Morgan fingerprint density at radius 2 is 1.86 bits per heavy atom. The number of piperidine rings is 1. The molecule has 1 N–H and O–H groups in total. The molecule has 3 rings (SSSR count). The standard InChI is InChI=1S/C21H25N3O4/c1-14-6-5-11-24(13-14)21(26)17-8-4-7-16(23-17)20(25)22-15-9-10-18(27-2)19(12-15)28-3/h4,7-10,12,14H,5-6,11,13H2,1-3H3,(H,22,25). The molecule has 28 heavy (non-hydrogen) atoms. The number of likely N-dealkylation sites (tertiary alicyclic amines) is 1. The zero-order chi connectivity index (χ0) is 20.1. The average molecular weight is 383 g/mol. The second kappa shape index (κ2) is 8.73. The molecule has 0 spiro atoms. The van der Waals surface area contributed by atoms with Gasteiger partial charge < -0.3 is 19.7 Å². The Bertz CT molecular complexity index is 868. The molecule has 0 radical (unpaired) electrons. The Morgan fingerprint density at radius 1 is 1.11 bits per heavy atom. The van der Waals surface area contributed by atoms with E-state index in [1.54, 1.807) is 43.5 Å². The zero-order valence-corrected chi connectivity index (χ0v) is 16.4. The van der Waals surface area contributed by atoms with Gasteiger partial charge in [0.15, 0.2) is 11.5 Å². The maximum atomic E-state index is 12.7. The Balaban J connectivity index is 1.74. The first kappa shape index (κ1) is 19.7. The Morgan fingerprint density at radius 3 is 2.57 bits per heavy atom. The zero-order valence-electron chi connectivity index (χ0n) is 16.4. The van der Waals surface area contributed by atoms with E-state index >= 15 is 0 Å². The average Bonchev–Trinajstić information content (AvgIpc) is 2.73. The second-order valence-corrected chi connectivity index (χ2v) is 6.93. The van der Waals surface area contributed by atoms with Gasteiger partial charge in [-0.1, -0.05) is 13.0 Å². The second-order valence-electron chi connectivity index (χ2n) is 6.93. The van der Waals surface area contributed by atoms with Crippen LogP contribution in [0.5, 0.6) is 11.5 Å². The number of anilines is 1. The molecule has 0 aliphatic carbocycles. The lowest BCUT2D eigenvalue weighted by Crippen LogP contribution is -2.39. The van der Waals surface area contributed by atoms with E-state index in [1.807, 2.05) is 4.90 Å². The lowest BCUT2D eigenvalue weighted by Gasteiger charge is -2.30. The van der Waals surface area contributed by atoms with Crippen molar-refractivity contribution >= 4 is 17.5 Å². The molecule has 2 heterocycles. The van der Waals surface area contributed by atoms with Crippen molar-refractivity contribution in [3.8, 4) is 11.5 Å². The molecule has 7 nitrogen and oxygen atoms in total. The summed E-state index contributed by atoms with van der Waals surface area (Å²) in [5, 5.41) is 2.78. The van der Waals surface area contributed by atoms with E-state index in [1.165, 1.54) is 7.11 Å². The van der Waals surface area contributed by atoms with Crippen LogP contribution >= 0.6 is 0 Å². The first-order valence-corrected chi connectivity index (χ1v) is 9.31. The fourth-order valence-corrected chi connectivity index (χ4v) is 3.33. The lowest BCUT2D eigenvalue weighted by atomic mass is 10.00. The fourth-order valence-electron chi connectivity index (χ4n) is 3.33. The molecule has 0 bridgehead atoms. The first-order valence-electron chi connectivity index (χ1n) is 9.31. The summed E-state index contributed by atoms with van der Waals surface area (Å²) in [6.45, 7) is 3.59. The highest BCUT2D eigenvalue weighted by Crippen LogP contribution is 2.29. The van der Waals surface area contributed by atoms with Crippen LogP contribution in [0.4, 0.5) is 5.69 Å². The summed E-state index contributed by atoms with van der Waals surface area (Å²) in [6.07, 6.45) is 2.12. The van der Waals surface area contributed by atoms with Crippen LogP contribution in [-0.2, 0) is 0 Å². The number of benzene rings is 1. The molecule has 1 fully saturated rings. The van der Waals surface area contributed by atoms with Crippen molar-refractivity contribution in [1.29, 1.82) is 0 Å². The van der Waals surface area contributed by atoms with Crippen LogP contribution in [0, 0.1) is 5.92 Å². The van der Waals surface area contributed by atoms with Gasteiger partial charge in [0, 0.05) is 24.8 Å². The van der Waals surface area contributed by atoms with E-state index in [-0.39, 0.29) is 17.3 Å². The SMILES string of the molecule is COc1ccc(NC(=O)c2cccc(C(=O)N3CCCC(C)C3)n2)cc1OC. The molecule has 148 valence electrons. The minimum absolute atomic E-state index is 0.132. The van der Waals surface area contributed by atoms with E-state index in [2.05, 4.69) is 17.2 Å². The van der Waals surface area contributed by atoms with Gasteiger partial charge in [-0.15, -0.1) is 0 Å². The van der Waals surface area contributed by atoms with Crippen LogP contribution in [0.25, 0.3) is 0 Å². The number of hydrogen-bond donors (Lipinski definition) is 1. The molecule has 2 amide bonds. The third-order valence-electron chi connectivity index (χ3n) is 4.79. The van der Waals surface area contributed by atoms with Crippen molar-refractivity contribution < 1.29 is 19.1 Å². The third-order valence-corrected chi connectivity index (χ3v) is 4.79. The minimum atomic E-state index is -0.395. The van der Waals surface area contributed by atoms with Gasteiger partial charge in [0.25, 0.3) is 11.8 Å². The molecule has 1 unspecified atom stereocenters. The molecule has 7 heteroatoms. The molecular weight excluding hydrogens is 358 g/mol. The largest absolute Gasteiger partial charge is 0.493 e. The molecular formula is C21H25N3O4. The molecule has 1 aliphatic heterocycles. The van der Waals surface area contributed by atoms with Gasteiger partial charge in [-0.3, -0.25) is 9.59 Å². The monoisotopic (exact) mass is 383 g/mol. The maximum Gasteiger partial charge on any atom is 0.274 e. The van der Waals surface area contributed by atoms with Gasteiger partial charge in [-0.2, -0.15) is 0 Å². The highest BCUT2D eigenvalue weighted by atomic mass is 16.5. The predicted octanol–water partition coefficient (Wildman–Crippen LogP) is 3.22. The smallest absolute Gasteiger partial charge is 0.274 e. The number of aromatic nitrogens is 1. The molecule has 1 atom stereocenters. The molecule has 1 aromatic heterocycles. The Hall–Kier alpha value is -3.09. The number of ether oxygens (including phenoxy) is 2. The van der Waals surface area contributed by atoms with Crippen molar-refractivity contribution in [2.75, 3.05) is 32.6 Å². The summed E-state index contributed by atoms with van der Waals surface area (Å²) in [6, 6.07) is 10.0. The fraction of sp³-hybridized carbons (Fsp3) is 0.381. The van der Waals surface area contributed by atoms with Crippen molar-refractivity contribution in [3.63, 3.8) is 0 Å². The van der Waals surface area contributed by atoms with Gasteiger partial charge in [0.1, 0.15) is 11.4 Å². The summed E-state index contributed by atoms with van der Waals surface area (Å²) in [4.78, 5) is 31.4. The van der Waals surface area contributed by atoms with Crippen LogP contribution in [0.15, 0.2) is 36.4 Å². The highest BCUT2D eigenvalue weighted by molar-refractivity contribution is 6.04. The molecule has 1 saturated heterocycles. The van der Waals surface area contributed by atoms with Crippen LogP contribution in [0.3, 0.4) is 0 Å². The van der Waals surface area contributed by atoms with E-state index in [0.29, 0.717) is 23.1 Å². The van der Waals surface area contributed by atoms with Crippen molar-refractivity contribution in [2.24, 2.45) is 5.92 Å². The van der Waals surface area contributed by atoms with Gasteiger partial charge in [0.2, 0.25) is 0 Å². The first-order chi connectivity index (χ1) is 13.5. The highest BCUT2D eigenvalue weighted by Gasteiger charge is 2.23. The van der Waals surface area contributed by atoms with Crippen LogP contribution in [-0.4, -0.2) is 49.0 Å². The van der Waals surface area contributed by atoms with Crippen molar-refractivity contribution in [2.45, 2.75) is 19.8 Å². The third kappa shape index (κ3) is 4.42. The number of nitrogens with zero attached hydrogens (tertiary/aromatic N) is 2. The Labute approximate surface area is 164 Å². The molecule has 1 aromatic carbocycles. The van der Waals surface area contributed by atoms with Crippen LogP contribution in [0.2, 0.25) is 0 Å². The van der Waals surface area contributed by atoms with E-state index in [9.17, 15) is 9.59 Å². The topological polar surface area (TPSA) is 80.8 Å². The van der Waals surface area contributed by atoms with Gasteiger partial charge >= 0.3 is 0 Å². The van der Waals surface area contributed by atoms with Crippen LogP contribution in [0.1, 0.15) is 40.7 Å². The summed E-state index contributed by atoms with van der Waals surface area (Å²) in [5.41, 5.74) is 1.02. The number of hydrogen-bond acceptors (Lipinski definition) is 5. The van der Waals surface area contributed by atoms with E-state index in [0.717, 1.165) is 25.9 Å². The number of carbonyl (C=O) groups is 2. The van der Waals surface area contributed by atoms with E-state index in [4.69, 9.17) is 9.47 Å². The van der Waals surface area contributed by atoms with Gasteiger partial charge in [-0.05, 0) is 43.0 Å². The van der Waals surface area contributed by atoms with Crippen molar-refractivity contribution in [1.82, 2.24) is 9.88 Å². The number of nitrogens with one attached hydrogen (secondary N) is 1. The molecule has 1 aliphatic rings. The minimum Gasteiger partial charge on any atom is -0.493 e. The van der Waals surface area contributed by atoms with Crippen molar-refractivity contribution in [3.05, 3.63) is 47.8 Å². The Kier molecular flexibility index (Phi) is 6.13. The number of amides is 2. The number of methoxy groups -OCH3 is 2. The predicted molar refractivity (Wildman–Crippen MR) is 106 cm³/mol. The summed E-state index contributed by atoms with van der Waals surface area (Å²) in [5.74, 6) is 1.04. The number of carbonyl (C=O) groups excluding carboxylic acids is 2. The number of pyridine rings is 1. The summed E-state index contributed by atoms with van der Waals surface area (Å²) in [7, 11) is 3.08. The lowest BCUT2D eigenvalue weighted by molar-refractivity contribution is 0.0677. The quantitative estimate of drug-likeness (QED) is 0.857. The van der Waals surface area contributed by atoms with Gasteiger partial charge in [-0.25, -0.2) is 4.98 Å². The van der Waals surface area contributed by atoms with E-state index < -0.39 is 5.91 Å². The summed E-state index contributed by atoms with van der Waals surface area (Å²) < 4.78 is 10.4. The van der Waals surface area contributed by atoms with Crippen LogP contribution < -0.4 is 14.8 Å². The molecule has 2 aromatic rings.